The van der Waals surface area contributed by atoms with Gasteiger partial charge in [-0.25, -0.2) is 0 Å². The van der Waals surface area contributed by atoms with Crippen LogP contribution in [0.25, 0.3) is 0 Å². The van der Waals surface area contributed by atoms with E-state index in [1.165, 1.54) is 5.56 Å². The second kappa shape index (κ2) is 7.53. The van der Waals surface area contributed by atoms with Crippen LogP contribution in [-0.4, -0.2) is 19.3 Å². The molecular formula is C19H24N2O2S. The standard InChI is InChI=1S/C19H24N2O2S/c1-19(2,3)16-8-6-7-9-17(16)21-18(24)20-13-10-14(22-4)12-15(11-13)23-5/h6-12H,1-5H3,(H2,20,21,24). The zero-order chi connectivity index (χ0) is 17.7. The van der Waals surface area contributed by atoms with Crippen molar-refractivity contribution >= 4 is 28.7 Å². The number of thiocarbonyl (C=S) groups is 1. The van der Waals surface area contributed by atoms with Gasteiger partial charge in [0.1, 0.15) is 11.5 Å². The first-order chi connectivity index (χ1) is 11.3. The van der Waals surface area contributed by atoms with E-state index in [-0.39, 0.29) is 5.41 Å². The van der Waals surface area contributed by atoms with Crippen LogP contribution in [0.2, 0.25) is 0 Å². The molecule has 4 nitrogen and oxygen atoms in total. The number of hydrogen-bond acceptors (Lipinski definition) is 3. The van der Waals surface area contributed by atoms with Gasteiger partial charge in [0.25, 0.3) is 0 Å². The minimum Gasteiger partial charge on any atom is -0.497 e. The Balaban J connectivity index is 2.18. The van der Waals surface area contributed by atoms with Crippen LogP contribution >= 0.6 is 12.2 Å². The largest absolute Gasteiger partial charge is 0.497 e. The Morgan fingerprint density at radius 1 is 0.917 bits per heavy atom. The Kier molecular flexibility index (Phi) is 5.67. The summed E-state index contributed by atoms with van der Waals surface area (Å²) in [4.78, 5) is 0. The van der Waals surface area contributed by atoms with Gasteiger partial charge >= 0.3 is 0 Å². The molecule has 0 aliphatic rings. The molecule has 2 aromatic rings. The lowest BCUT2D eigenvalue weighted by atomic mass is 9.86. The SMILES string of the molecule is COc1cc(NC(=S)Nc2ccccc2C(C)(C)C)cc(OC)c1. The van der Waals surface area contributed by atoms with E-state index in [0.717, 1.165) is 11.4 Å². The van der Waals surface area contributed by atoms with Crippen LogP contribution in [-0.2, 0) is 5.41 Å². The third-order valence-electron chi connectivity index (χ3n) is 3.59. The van der Waals surface area contributed by atoms with Gasteiger partial charge in [-0.2, -0.15) is 0 Å². The molecule has 0 aromatic heterocycles. The summed E-state index contributed by atoms with van der Waals surface area (Å²) in [6.07, 6.45) is 0. The van der Waals surface area contributed by atoms with E-state index in [4.69, 9.17) is 21.7 Å². The van der Waals surface area contributed by atoms with Gasteiger partial charge in [0.2, 0.25) is 0 Å². The van der Waals surface area contributed by atoms with E-state index in [1.54, 1.807) is 14.2 Å². The summed E-state index contributed by atoms with van der Waals surface area (Å²) < 4.78 is 10.6. The number of anilines is 2. The molecule has 0 heterocycles. The molecule has 5 heteroatoms. The van der Waals surface area contributed by atoms with Crippen LogP contribution in [0, 0.1) is 0 Å². The maximum Gasteiger partial charge on any atom is 0.175 e. The predicted molar refractivity (Wildman–Crippen MR) is 105 cm³/mol. The summed E-state index contributed by atoms with van der Waals surface area (Å²) in [5.74, 6) is 1.41. The van der Waals surface area contributed by atoms with Crippen molar-refractivity contribution in [3.63, 3.8) is 0 Å². The normalized spacial score (nSPS) is 10.9. The van der Waals surface area contributed by atoms with Crippen molar-refractivity contribution in [2.45, 2.75) is 26.2 Å². The highest BCUT2D eigenvalue weighted by atomic mass is 32.1. The molecule has 0 fully saturated rings. The Labute approximate surface area is 149 Å². The first kappa shape index (κ1) is 18.1. The molecule has 2 rings (SSSR count). The average molecular weight is 344 g/mol. The Bertz CT molecular complexity index is 701. The first-order valence-corrected chi connectivity index (χ1v) is 8.15. The Morgan fingerprint density at radius 2 is 1.50 bits per heavy atom. The topological polar surface area (TPSA) is 42.5 Å². The number of ether oxygens (including phenoxy) is 2. The number of benzene rings is 2. The minimum absolute atomic E-state index is 0.0262. The fourth-order valence-corrected chi connectivity index (χ4v) is 2.64. The van der Waals surface area contributed by atoms with Crippen LogP contribution in [0.1, 0.15) is 26.3 Å². The van der Waals surface area contributed by atoms with Crippen molar-refractivity contribution in [1.82, 2.24) is 0 Å². The maximum atomic E-state index is 5.46. The van der Waals surface area contributed by atoms with E-state index in [1.807, 2.05) is 36.4 Å². The van der Waals surface area contributed by atoms with Gasteiger partial charge in [0.15, 0.2) is 5.11 Å². The smallest absolute Gasteiger partial charge is 0.175 e. The second-order valence-electron chi connectivity index (χ2n) is 6.48. The van der Waals surface area contributed by atoms with Gasteiger partial charge in [0, 0.05) is 29.6 Å². The van der Waals surface area contributed by atoms with Crippen molar-refractivity contribution < 1.29 is 9.47 Å². The zero-order valence-electron chi connectivity index (χ0n) is 14.8. The second-order valence-corrected chi connectivity index (χ2v) is 6.88. The summed E-state index contributed by atoms with van der Waals surface area (Å²) in [7, 11) is 3.24. The molecular weight excluding hydrogens is 320 g/mol. The molecule has 2 aromatic carbocycles. The number of methoxy groups -OCH3 is 2. The molecule has 0 saturated carbocycles. The molecule has 0 atom stereocenters. The summed E-state index contributed by atoms with van der Waals surface area (Å²) in [6.45, 7) is 6.53. The fraction of sp³-hybridized carbons (Fsp3) is 0.316. The van der Waals surface area contributed by atoms with Crippen molar-refractivity contribution in [3.05, 3.63) is 48.0 Å². The summed E-state index contributed by atoms with van der Waals surface area (Å²) in [5, 5.41) is 6.97. The van der Waals surface area contributed by atoms with Crippen LogP contribution in [0.15, 0.2) is 42.5 Å². The molecule has 128 valence electrons. The summed E-state index contributed by atoms with van der Waals surface area (Å²) in [6, 6.07) is 13.7. The Morgan fingerprint density at radius 3 is 2.04 bits per heavy atom. The highest BCUT2D eigenvalue weighted by Gasteiger charge is 2.17. The number of nitrogens with one attached hydrogen (secondary N) is 2. The van der Waals surface area contributed by atoms with Crippen LogP contribution in [0.4, 0.5) is 11.4 Å². The van der Waals surface area contributed by atoms with Crippen molar-refractivity contribution in [3.8, 4) is 11.5 Å². The average Bonchev–Trinajstić information content (AvgIpc) is 2.53. The van der Waals surface area contributed by atoms with Gasteiger partial charge in [-0.05, 0) is 29.3 Å². The van der Waals surface area contributed by atoms with E-state index in [9.17, 15) is 0 Å². The lowest BCUT2D eigenvalue weighted by Gasteiger charge is -2.23. The molecule has 24 heavy (non-hydrogen) atoms. The van der Waals surface area contributed by atoms with Gasteiger partial charge < -0.3 is 20.1 Å². The highest BCUT2D eigenvalue weighted by Crippen LogP contribution is 2.30. The van der Waals surface area contributed by atoms with Crippen molar-refractivity contribution in [1.29, 1.82) is 0 Å². The van der Waals surface area contributed by atoms with Gasteiger partial charge in [-0.1, -0.05) is 39.0 Å². The molecule has 0 unspecified atom stereocenters. The molecule has 0 spiro atoms. The lowest BCUT2D eigenvalue weighted by molar-refractivity contribution is 0.395. The summed E-state index contributed by atoms with van der Waals surface area (Å²) >= 11 is 5.46. The van der Waals surface area contributed by atoms with Crippen molar-refractivity contribution in [2.24, 2.45) is 0 Å². The molecule has 0 saturated heterocycles. The fourth-order valence-electron chi connectivity index (χ4n) is 2.41. The lowest BCUT2D eigenvalue weighted by Crippen LogP contribution is -2.22. The zero-order valence-corrected chi connectivity index (χ0v) is 15.6. The first-order valence-electron chi connectivity index (χ1n) is 7.74. The van der Waals surface area contributed by atoms with Gasteiger partial charge in [0.05, 0.1) is 14.2 Å². The minimum atomic E-state index is 0.0262. The monoisotopic (exact) mass is 344 g/mol. The third kappa shape index (κ3) is 4.61. The van der Waals surface area contributed by atoms with E-state index in [0.29, 0.717) is 16.6 Å². The molecule has 0 aliphatic carbocycles. The van der Waals surface area contributed by atoms with Crippen LogP contribution < -0.4 is 20.1 Å². The van der Waals surface area contributed by atoms with E-state index < -0.39 is 0 Å². The van der Waals surface area contributed by atoms with Gasteiger partial charge in [-0.15, -0.1) is 0 Å². The van der Waals surface area contributed by atoms with E-state index in [2.05, 4.69) is 37.5 Å². The maximum absolute atomic E-state index is 5.46. The number of hydrogen-bond donors (Lipinski definition) is 2. The van der Waals surface area contributed by atoms with Gasteiger partial charge in [-0.3, -0.25) is 0 Å². The number of rotatable bonds is 4. The summed E-state index contributed by atoms with van der Waals surface area (Å²) in [5.41, 5.74) is 3.03. The predicted octanol–water partition coefficient (Wildman–Crippen LogP) is 4.81. The molecule has 2 N–H and O–H groups in total. The molecule has 0 radical (unpaired) electrons. The van der Waals surface area contributed by atoms with Crippen LogP contribution in [0.5, 0.6) is 11.5 Å². The Hall–Kier alpha value is -2.27. The third-order valence-corrected chi connectivity index (χ3v) is 3.80. The van der Waals surface area contributed by atoms with Crippen LogP contribution in [0.3, 0.4) is 0 Å². The molecule has 0 aliphatic heterocycles. The highest BCUT2D eigenvalue weighted by molar-refractivity contribution is 7.80. The van der Waals surface area contributed by atoms with Crippen molar-refractivity contribution in [2.75, 3.05) is 24.9 Å². The van der Waals surface area contributed by atoms with E-state index >= 15 is 0 Å². The molecule has 0 amide bonds. The quantitative estimate of drug-likeness (QED) is 0.779. The molecule has 0 bridgehead atoms. The number of para-hydroxylation sites is 1.